The van der Waals surface area contributed by atoms with Crippen LogP contribution in [0, 0.1) is 0 Å². The summed E-state index contributed by atoms with van der Waals surface area (Å²) in [5, 5.41) is 0. The summed E-state index contributed by atoms with van der Waals surface area (Å²) >= 11 is 0. The third-order valence-corrected chi connectivity index (χ3v) is 13.6. The molecule has 0 amide bonds. The molecule has 10 aromatic carbocycles. The molecule has 0 aromatic heterocycles. The van der Waals surface area contributed by atoms with Crippen molar-refractivity contribution in [2.24, 2.45) is 0 Å². The van der Waals surface area contributed by atoms with Gasteiger partial charge in [0.05, 0.1) is 10.8 Å². The fourth-order valence-electron chi connectivity index (χ4n) is 11.1. The molecule has 2 aliphatic carbocycles. The van der Waals surface area contributed by atoms with Crippen LogP contribution in [-0.4, -0.2) is 0 Å². The van der Waals surface area contributed by atoms with E-state index >= 15 is 0 Å². The van der Waals surface area contributed by atoms with Gasteiger partial charge >= 0.3 is 0 Å². The second-order valence-corrected chi connectivity index (χ2v) is 16.8. The number of para-hydroxylation sites is 3. The fourth-order valence-corrected chi connectivity index (χ4v) is 11.1. The van der Waals surface area contributed by atoms with Gasteiger partial charge in [0.2, 0.25) is 0 Å². The van der Waals surface area contributed by atoms with E-state index in [0.29, 0.717) is 0 Å². The lowest BCUT2D eigenvalue weighted by molar-refractivity contribution is 0.623. The Morgan fingerprint density at radius 3 is 1.00 bits per heavy atom. The Labute approximate surface area is 375 Å². The molecule has 64 heavy (non-hydrogen) atoms. The summed E-state index contributed by atoms with van der Waals surface area (Å²) in [6.45, 7) is 0. The van der Waals surface area contributed by atoms with Gasteiger partial charge in [0.15, 0.2) is 0 Å². The number of hydrogen-bond acceptors (Lipinski definition) is 2. The number of hydrogen-bond donors (Lipinski definition) is 0. The standard InChI is InChI=1S/C62H44N2/c1-6-23-45(24-7-1)61(46-25-8-2-9-26-46)56-37-18-20-39-58(56)62(59-40-21-19-38-57(59)61)55-36-17-16-35-53(55)54-42-41-52(44-60(54)62)64(49-31-14-5-15-32-49)51-34-22-33-50(43-51)63(47-27-10-3-11-28-47)48-29-12-4-13-30-48/h1-44H. The van der Waals surface area contributed by atoms with Gasteiger partial charge < -0.3 is 9.80 Å². The lowest BCUT2D eigenvalue weighted by Gasteiger charge is -2.50. The van der Waals surface area contributed by atoms with Gasteiger partial charge in [-0.25, -0.2) is 0 Å². The van der Waals surface area contributed by atoms with E-state index in [1.165, 1.54) is 55.6 Å². The van der Waals surface area contributed by atoms with Gasteiger partial charge in [0.1, 0.15) is 0 Å². The van der Waals surface area contributed by atoms with Crippen LogP contribution in [-0.2, 0) is 10.8 Å². The third kappa shape index (κ3) is 5.59. The summed E-state index contributed by atoms with van der Waals surface area (Å²) in [4.78, 5) is 4.76. The molecule has 0 unspecified atom stereocenters. The summed E-state index contributed by atoms with van der Waals surface area (Å²) < 4.78 is 0. The van der Waals surface area contributed by atoms with Crippen molar-refractivity contribution in [1.29, 1.82) is 0 Å². The van der Waals surface area contributed by atoms with Gasteiger partial charge in [-0.3, -0.25) is 0 Å². The van der Waals surface area contributed by atoms with Crippen molar-refractivity contribution in [1.82, 2.24) is 0 Å². The number of nitrogens with zero attached hydrogens (tertiary/aromatic N) is 2. The van der Waals surface area contributed by atoms with Gasteiger partial charge in [-0.15, -0.1) is 0 Å². The highest BCUT2D eigenvalue weighted by atomic mass is 15.2. The van der Waals surface area contributed by atoms with Crippen LogP contribution in [0.25, 0.3) is 11.1 Å². The van der Waals surface area contributed by atoms with Gasteiger partial charge in [0.25, 0.3) is 0 Å². The largest absolute Gasteiger partial charge is 0.310 e. The van der Waals surface area contributed by atoms with Crippen molar-refractivity contribution < 1.29 is 0 Å². The molecular weight excluding hydrogens is 773 g/mol. The number of rotatable bonds is 8. The Morgan fingerprint density at radius 2 is 0.531 bits per heavy atom. The Morgan fingerprint density at radius 1 is 0.203 bits per heavy atom. The lowest BCUT2D eigenvalue weighted by Crippen LogP contribution is -2.44. The maximum absolute atomic E-state index is 2.49. The minimum absolute atomic E-state index is 0.559. The van der Waals surface area contributed by atoms with Crippen LogP contribution in [0.2, 0.25) is 0 Å². The SMILES string of the molecule is c1ccc(N(c2ccccc2)c2cccc(N(c3ccccc3)c3ccc4c(c3)C3(c5ccccc5-4)c4ccccc4C(c4ccccc4)(c4ccccc4)c4ccccc43)c2)cc1. The van der Waals surface area contributed by atoms with Crippen LogP contribution < -0.4 is 9.80 Å². The monoisotopic (exact) mass is 816 g/mol. The summed E-state index contributed by atoms with van der Waals surface area (Å²) in [7, 11) is 0. The molecule has 0 N–H and O–H groups in total. The topological polar surface area (TPSA) is 6.48 Å². The van der Waals surface area contributed by atoms with Gasteiger partial charge in [-0.2, -0.15) is 0 Å². The molecule has 0 radical (unpaired) electrons. The number of fused-ring (bicyclic) bond motifs is 9. The average molecular weight is 817 g/mol. The maximum atomic E-state index is 2.49. The van der Waals surface area contributed by atoms with Crippen molar-refractivity contribution >= 4 is 34.1 Å². The van der Waals surface area contributed by atoms with Gasteiger partial charge in [0, 0.05) is 34.1 Å². The number of anilines is 6. The molecule has 0 saturated heterocycles. The van der Waals surface area contributed by atoms with E-state index in [2.05, 4.69) is 277 Å². The normalized spacial score (nSPS) is 13.6. The molecule has 302 valence electrons. The first-order chi connectivity index (χ1) is 31.8. The van der Waals surface area contributed by atoms with E-state index in [0.717, 1.165) is 34.1 Å². The second kappa shape index (κ2) is 15.3. The van der Waals surface area contributed by atoms with E-state index in [4.69, 9.17) is 0 Å². The molecule has 0 aliphatic heterocycles. The van der Waals surface area contributed by atoms with E-state index in [9.17, 15) is 0 Å². The van der Waals surface area contributed by atoms with Gasteiger partial charge in [-0.1, -0.05) is 200 Å². The predicted octanol–water partition coefficient (Wildman–Crippen LogP) is 15.7. The molecule has 2 nitrogen and oxygen atoms in total. The Bertz CT molecular complexity index is 3140. The first-order valence-corrected chi connectivity index (χ1v) is 22.2. The van der Waals surface area contributed by atoms with Crippen LogP contribution >= 0.6 is 0 Å². The van der Waals surface area contributed by atoms with E-state index in [1.807, 2.05) is 0 Å². The van der Waals surface area contributed by atoms with Crippen molar-refractivity contribution in [3.63, 3.8) is 0 Å². The summed E-state index contributed by atoms with van der Waals surface area (Å²) in [5.74, 6) is 0. The van der Waals surface area contributed by atoms with E-state index in [1.54, 1.807) is 0 Å². The molecule has 0 bridgehead atoms. The minimum Gasteiger partial charge on any atom is -0.310 e. The Kier molecular flexibility index (Phi) is 8.98. The lowest BCUT2D eigenvalue weighted by atomic mass is 9.51. The van der Waals surface area contributed by atoms with Crippen LogP contribution in [0.5, 0.6) is 0 Å². The molecule has 0 heterocycles. The Hall–Kier alpha value is -8.20. The zero-order chi connectivity index (χ0) is 42.5. The van der Waals surface area contributed by atoms with Gasteiger partial charge in [-0.05, 0) is 122 Å². The van der Waals surface area contributed by atoms with E-state index < -0.39 is 10.8 Å². The van der Waals surface area contributed by atoms with Crippen molar-refractivity contribution in [3.05, 3.63) is 311 Å². The zero-order valence-electron chi connectivity index (χ0n) is 35.3. The molecule has 2 heteroatoms. The smallest absolute Gasteiger partial charge is 0.0720 e. The molecular formula is C62H44N2. The Balaban J connectivity index is 1.12. The molecule has 2 aliphatic rings. The second-order valence-electron chi connectivity index (χ2n) is 16.8. The van der Waals surface area contributed by atoms with E-state index in [-0.39, 0.29) is 0 Å². The fraction of sp³-hybridized carbons (Fsp3) is 0.0323. The van der Waals surface area contributed by atoms with Crippen LogP contribution in [0.3, 0.4) is 0 Å². The molecule has 0 atom stereocenters. The highest BCUT2D eigenvalue weighted by Gasteiger charge is 2.56. The van der Waals surface area contributed by atoms with Crippen LogP contribution in [0.4, 0.5) is 34.1 Å². The third-order valence-electron chi connectivity index (χ3n) is 13.6. The van der Waals surface area contributed by atoms with Crippen LogP contribution in [0.15, 0.2) is 267 Å². The van der Waals surface area contributed by atoms with Crippen molar-refractivity contribution in [3.8, 4) is 11.1 Å². The van der Waals surface area contributed by atoms with Crippen LogP contribution in [0.1, 0.15) is 44.5 Å². The molecule has 0 saturated carbocycles. The molecule has 0 fully saturated rings. The average Bonchev–Trinajstić information content (AvgIpc) is 3.66. The first kappa shape index (κ1) is 37.6. The predicted molar refractivity (Wildman–Crippen MR) is 265 cm³/mol. The zero-order valence-corrected chi connectivity index (χ0v) is 35.3. The first-order valence-electron chi connectivity index (χ1n) is 22.2. The van der Waals surface area contributed by atoms with Crippen molar-refractivity contribution in [2.75, 3.05) is 9.80 Å². The summed E-state index contributed by atoms with van der Waals surface area (Å²) in [6.07, 6.45) is 0. The highest BCUT2D eigenvalue weighted by molar-refractivity contribution is 5.92. The highest BCUT2D eigenvalue weighted by Crippen LogP contribution is 2.65. The molecule has 12 rings (SSSR count). The summed E-state index contributed by atoms with van der Waals surface area (Å²) in [5.41, 5.74) is 18.2. The number of benzene rings is 10. The molecule has 10 aromatic rings. The molecule has 1 spiro atoms. The maximum Gasteiger partial charge on any atom is 0.0720 e. The summed E-state index contributed by atoms with van der Waals surface area (Å²) in [6, 6.07) is 98.2. The minimum atomic E-state index is -0.607. The van der Waals surface area contributed by atoms with Crippen molar-refractivity contribution in [2.45, 2.75) is 10.8 Å². The quantitative estimate of drug-likeness (QED) is 0.151.